The summed E-state index contributed by atoms with van der Waals surface area (Å²) in [6.07, 6.45) is 7.04. The van der Waals surface area contributed by atoms with Crippen LogP contribution in [0.4, 0.5) is 0 Å². The summed E-state index contributed by atoms with van der Waals surface area (Å²) in [7, 11) is 0. The summed E-state index contributed by atoms with van der Waals surface area (Å²) in [6, 6.07) is 0. The maximum absolute atomic E-state index is 2.77. The average Bonchev–Trinajstić information content (AvgIpc) is 1.81. The molecule has 8 heavy (non-hydrogen) atoms. The Bertz CT molecular complexity index is 33.9. The summed E-state index contributed by atoms with van der Waals surface area (Å²) in [4.78, 5) is 0. The van der Waals surface area contributed by atoms with E-state index in [1.165, 1.54) is 37.4 Å². The minimum atomic E-state index is 0. The molecule has 2 radical (unpaired) electrons. The van der Waals surface area contributed by atoms with Gasteiger partial charge < -0.3 is 0 Å². The highest BCUT2D eigenvalue weighted by molar-refractivity contribution is 6.08. The minimum Gasteiger partial charge on any atom is -0.118 e. The van der Waals surface area contributed by atoms with Crippen molar-refractivity contribution >= 4 is 16.3 Å². The van der Waals surface area contributed by atoms with E-state index < -0.39 is 0 Å². The average molecular weight is 128 g/mol. The maximum Gasteiger partial charge on any atom is 0.118 e. The predicted molar refractivity (Wildman–Crippen MR) is 41.4 cm³/mol. The Morgan fingerprint density at radius 2 is 1.75 bits per heavy atom. The lowest BCUT2D eigenvalue weighted by molar-refractivity contribution is 0.656. The molecule has 1 heteroatoms. The van der Waals surface area contributed by atoms with Gasteiger partial charge in [-0.15, -0.1) is 5.28 Å². The Labute approximate surface area is 62.6 Å². The molecule has 0 aromatic carbocycles. The van der Waals surface area contributed by atoms with Gasteiger partial charge in [0.05, 0.1) is 0 Å². The van der Waals surface area contributed by atoms with Crippen LogP contribution in [0.25, 0.3) is 0 Å². The molecule has 0 rings (SSSR count). The first kappa shape index (κ1) is 8.53. The van der Waals surface area contributed by atoms with Crippen LogP contribution in [0.15, 0.2) is 0 Å². The largest absolute Gasteiger partial charge is 0.118 e. The third-order valence-electron chi connectivity index (χ3n) is 1.31. The molecule has 0 aromatic heterocycles. The summed E-state index contributed by atoms with van der Waals surface area (Å²) in [5.74, 6) is 0. The normalized spacial score (nSPS) is 9.62. The van der Waals surface area contributed by atoms with Gasteiger partial charge in [-0.2, -0.15) is 0 Å². The first-order valence-electron chi connectivity index (χ1n) is 3.62. The third-order valence-corrected chi connectivity index (χ3v) is 1.72. The van der Waals surface area contributed by atoms with Crippen molar-refractivity contribution in [1.29, 1.82) is 0 Å². The van der Waals surface area contributed by atoms with Crippen molar-refractivity contribution < 1.29 is 1.43 Å². The summed E-state index contributed by atoms with van der Waals surface area (Å²) < 4.78 is 0. The van der Waals surface area contributed by atoms with Crippen LogP contribution in [-0.2, 0) is 0 Å². The van der Waals surface area contributed by atoms with E-state index >= 15 is 0 Å². The van der Waals surface area contributed by atoms with E-state index in [1.807, 2.05) is 0 Å². The molecule has 0 aliphatic heterocycles. The molecular formula is C7H17Al. The second-order valence-electron chi connectivity index (χ2n) is 2.20. The van der Waals surface area contributed by atoms with Crippen molar-refractivity contribution in [2.45, 2.75) is 44.3 Å². The fraction of sp³-hybridized carbons (Fsp3) is 1.00. The molecule has 0 amide bonds. The SMILES string of the molecule is CCCCCC[CH2][Al].[HH]. The molecule has 0 aliphatic carbocycles. The molecule has 0 saturated carbocycles. The van der Waals surface area contributed by atoms with Gasteiger partial charge in [-0.05, 0) is 0 Å². The molecular weight excluding hydrogens is 111 g/mol. The number of hydrogen-bond acceptors (Lipinski definition) is 0. The van der Waals surface area contributed by atoms with Gasteiger partial charge in [0.15, 0.2) is 0 Å². The monoisotopic (exact) mass is 128 g/mol. The Morgan fingerprint density at radius 1 is 1.12 bits per heavy atom. The van der Waals surface area contributed by atoms with Gasteiger partial charge in [-0.1, -0.05) is 39.0 Å². The van der Waals surface area contributed by atoms with Gasteiger partial charge in [0, 0.05) is 1.43 Å². The van der Waals surface area contributed by atoms with Crippen molar-refractivity contribution in [1.82, 2.24) is 0 Å². The van der Waals surface area contributed by atoms with E-state index in [1.54, 1.807) is 0 Å². The van der Waals surface area contributed by atoms with Crippen LogP contribution in [0.2, 0.25) is 5.28 Å². The Hall–Kier alpha value is 0.532. The van der Waals surface area contributed by atoms with Crippen LogP contribution in [0, 0.1) is 0 Å². The highest BCUT2D eigenvalue weighted by atomic mass is 27.0. The summed E-state index contributed by atoms with van der Waals surface area (Å²) in [6.45, 7) is 2.25. The molecule has 0 aromatic rings. The van der Waals surface area contributed by atoms with Gasteiger partial charge in [-0.3, -0.25) is 0 Å². The highest BCUT2D eigenvalue weighted by Crippen LogP contribution is 2.02. The van der Waals surface area contributed by atoms with Gasteiger partial charge >= 0.3 is 0 Å². The molecule has 0 nitrogen and oxygen atoms in total. The summed E-state index contributed by atoms with van der Waals surface area (Å²) in [5.41, 5.74) is 0. The van der Waals surface area contributed by atoms with Crippen LogP contribution in [0.1, 0.15) is 40.5 Å². The van der Waals surface area contributed by atoms with Crippen LogP contribution < -0.4 is 0 Å². The van der Waals surface area contributed by atoms with Gasteiger partial charge in [0.1, 0.15) is 16.3 Å². The van der Waals surface area contributed by atoms with Crippen molar-refractivity contribution in [2.24, 2.45) is 0 Å². The number of rotatable bonds is 5. The van der Waals surface area contributed by atoms with E-state index in [0.717, 1.165) is 0 Å². The fourth-order valence-electron chi connectivity index (χ4n) is 0.748. The lowest BCUT2D eigenvalue weighted by Crippen LogP contribution is -1.75. The quantitative estimate of drug-likeness (QED) is 0.394. The standard InChI is InChI=1S/C7H15.Al.H2/c1-3-5-7-6-4-2;;/h1,3-7H2,2H3;;1H. The molecule has 0 heterocycles. The maximum atomic E-state index is 2.77. The number of hydrogen-bond donors (Lipinski definition) is 0. The zero-order valence-electron chi connectivity index (χ0n) is 5.82. The lowest BCUT2D eigenvalue weighted by atomic mass is 10.2. The minimum absolute atomic E-state index is 0. The predicted octanol–water partition coefficient (Wildman–Crippen LogP) is 2.79. The second kappa shape index (κ2) is 7.53. The molecule has 0 aliphatic rings. The molecule has 48 valence electrons. The van der Waals surface area contributed by atoms with E-state index in [-0.39, 0.29) is 1.43 Å². The Morgan fingerprint density at radius 3 is 2.25 bits per heavy atom. The summed E-state index contributed by atoms with van der Waals surface area (Å²) >= 11 is 2.77. The van der Waals surface area contributed by atoms with Crippen LogP contribution in [-0.4, -0.2) is 16.3 Å². The Balaban J connectivity index is 0. The highest BCUT2D eigenvalue weighted by Gasteiger charge is 1.83. The second-order valence-corrected chi connectivity index (χ2v) is 2.78. The van der Waals surface area contributed by atoms with Gasteiger partial charge in [0.2, 0.25) is 0 Å². The molecule has 0 unspecified atom stereocenters. The molecule has 0 saturated heterocycles. The first-order valence-corrected chi connectivity index (χ1v) is 4.43. The van der Waals surface area contributed by atoms with Crippen molar-refractivity contribution in [2.75, 3.05) is 0 Å². The van der Waals surface area contributed by atoms with Crippen LogP contribution in [0.3, 0.4) is 0 Å². The van der Waals surface area contributed by atoms with E-state index in [4.69, 9.17) is 0 Å². The zero-order chi connectivity index (χ0) is 6.24. The zero-order valence-corrected chi connectivity index (χ0v) is 6.97. The topological polar surface area (TPSA) is 0 Å². The van der Waals surface area contributed by atoms with Crippen molar-refractivity contribution in [3.63, 3.8) is 0 Å². The molecule has 0 fully saturated rings. The fourth-order valence-corrected chi connectivity index (χ4v) is 1.04. The Kier molecular flexibility index (Phi) is 8.03. The van der Waals surface area contributed by atoms with Crippen molar-refractivity contribution in [3.8, 4) is 0 Å². The van der Waals surface area contributed by atoms with E-state index in [0.29, 0.717) is 0 Å². The van der Waals surface area contributed by atoms with Crippen molar-refractivity contribution in [3.05, 3.63) is 0 Å². The van der Waals surface area contributed by atoms with Gasteiger partial charge in [0.25, 0.3) is 0 Å². The van der Waals surface area contributed by atoms with Gasteiger partial charge in [-0.25, -0.2) is 0 Å². The summed E-state index contributed by atoms with van der Waals surface area (Å²) in [5, 5.41) is 1.28. The molecule has 0 N–H and O–H groups in total. The smallest absolute Gasteiger partial charge is 0.118 e. The number of unbranched alkanes of at least 4 members (excludes halogenated alkanes) is 4. The third kappa shape index (κ3) is 6.53. The van der Waals surface area contributed by atoms with Crippen LogP contribution in [0.5, 0.6) is 0 Å². The molecule has 0 bridgehead atoms. The van der Waals surface area contributed by atoms with E-state index in [2.05, 4.69) is 23.2 Å². The molecule has 0 atom stereocenters. The first-order chi connectivity index (χ1) is 3.91. The van der Waals surface area contributed by atoms with Crippen LogP contribution >= 0.6 is 0 Å². The van der Waals surface area contributed by atoms with E-state index in [9.17, 15) is 0 Å². The lowest BCUT2D eigenvalue weighted by Gasteiger charge is -1.94. The molecule has 0 spiro atoms.